The third kappa shape index (κ3) is 3.89. The number of nitrogens with zero attached hydrogens (tertiary/aromatic N) is 2. The Labute approximate surface area is 160 Å². The maximum atomic E-state index is 12.9. The van der Waals surface area contributed by atoms with Crippen molar-refractivity contribution in [3.05, 3.63) is 65.5 Å². The minimum absolute atomic E-state index is 0.0990. The largest absolute Gasteiger partial charge is 0.388 e. The van der Waals surface area contributed by atoms with Gasteiger partial charge in [0.15, 0.2) is 0 Å². The molecule has 1 aromatic carbocycles. The maximum Gasteiger partial charge on any atom is 0.254 e. The Balaban J connectivity index is 1.37. The predicted octanol–water partition coefficient (Wildman–Crippen LogP) is 2.68. The number of hydrogen-bond acceptors (Lipinski definition) is 4. The number of pyridine rings is 1. The zero-order valence-corrected chi connectivity index (χ0v) is 15.8. The van der Waals surface area contributed by atoms with Crippen LogP contribution in [0.4, 0.5) is 0 Å². The van der Waals surface area contributed by atoms with Crippen LogP contribution in [-0.2, 0) is 6.54 Å². The standard InChI is InChI=1S/C22H27N3O2/c1-16-7-8-18(24-13-16)14-23-15-22(27)11-19-9-10-20(12-22)25(19)21(26)17-5-3-2-4-6-17/h2-8,13,19-20,23,27H,9-12,14-15H2,1H3/t19-,20-/m1/s1. The van der Waals surface area contributed by atoms with Gasteiger partial charge < -0.3 is 15.3 Å². The topological polar surface area (TPSA) is 65.5 Å². The number of aromatic nitrogens is 1. The molecular weight excluding hydrogens is 338 g/mol. The van der Waals surface area contributed by atoms with E-state index in [1.165, 1.54) is 0 Å². The highest BCUT2D eigenvalue weighted by molar-refractivity contribution is 5.94. The molecule has 1 aromatic heterocycles. The Hall–Kier alpha value is -2.24. The van der Waals surface area contributed by atoms with Crippen molar-refractivity contribution in [3.63, 3.8) is 0 Å². The first-order valence-corrected chi connectivity index (χ1v) is 9.76. The van der Waals surface area contributed by atoms with Gasteiger partial charge in [-0.2, -0.15) is 0 Å². The third-order valence-corrected chi connectivity index (χ3v) is 5.84. The molecule has 0 aliphatic carbocycles. The Morgan fingerprint density at radius 1 is 1.19 bits per heavy atom. The zero-order chi connectivity index (χ0) is 18.9. The van der Waals surface area contributed by atoms with Gasteiger partial charge in [0.2, 0.25) is 0 Å². The molecular formula is C22H27N3O2. The molecule has 2 atom stereocenters. The van der Waals surface area contributed by atoms with Crippen molar-refractivity contribution in [2.75, 3.05) is 6.54 Å². The van der Waals surface area contributed by atoms with E-state index in [2.05, 4.69) is 10.3 Å². The van der Waals surface area contributed by atoms with Crippen LogP contribution in [0.15, 0.2) is 48.7 Å². The second-order valence-corrected chi connectivity index (χ2v) is 8.03. The summed E-state index contributed by atoms with van der Waals surface area (Å²) >= 11 is 0. The van der Waals surface area contributed by atoms with Crippen LogP contribution in [0.3, 0.4) is 0 Å². The fourth-order valence-corrected chi connectivity index (χ4v) is 4.55. The van der Waals surface area contributed by atoms with Crippen molar-refractivity contribution in [2.24, 2.45) is 0 Å². The number of piperidine rings is 1. The summed E-state index contributed by atoms with van der Waals surface area (Å²) in [7, 11) is 0. The van der Waals surface area contributed by atoms with Crippen molar-refractivity contribution < 1.29 is 9.90 Å². The summed E-state index contributed by atoms with van der Waals surface area (Å²) in [5, 5.41) is 14.5. The van der Waals surface area contributed by atoms with Gasteiger partial charge in [-0.15, -0.1) is 0 Å². The summed E-state index contributed by atoms with van der Waals surface area (Å²) in [6.45, 7) is 3.20. The number of amides is 1. The van der Waals surface area contributed by atoms with Gasteiger partial charge >= 0.3 is 0 Å². The van der Waals surface area contributed by atoms with Gasteiger partial charge in [-0.05, 0) is 56.4 Å². The fourth-order valence-electron chi connectivity index (χ4n) is 4.55. The van der Waals surface area contributed by atoms with Gasteiger partial charge in [0.05, 0.1) is 11.3 Å². The number of carbonyl (C=O) groups excluding carboxylic acids is 1. The first kappa shape index (κ1) is 18.1. The normalized spacial score (nSPS) is 27.0. The molecule has 4 rings (SSSR count). The molecule has 0 saturated carbocycles. The monoisotopic (exact) mass is 365 g/mol. The molecule has 2 aliphatic rings. The molecule has 0 radical (unpaired) electrons. The molecule has 1 amide bonds. The molecule has 142 valence electrons. The second-order valence-electron chi connectivity index (χ2n) is 8.03. The lowest BCUT2D eigenvalue weighted by atomic mass is 9.85. The van der Waals surface area contributed by atoms with Crippen LogP contribution >= 0.6 is 0 Å². The van der Waals surface area contributed by atoms with E-state index in [1.807, 2.05) is 60.5 Å². The quantitative estimate of drug-likeness (QED) is 0.855. The van der Waals surface area contributed by atoms with Crippen molar-refractivity contribution in [3.8, 4) is 0 Å². The maximum absolute atomic E-state index is 12.9. The molecule has 2 N–H and O–H groups in total. The Morgan fingerprint density at radius 3 is 2.52 bits per heavy atom. The Morgan fingerprint density at radius 2 is 1.89 bits per heavy atom. The van der Waals surface area contributed by atoms with Crippen molar-refractivity contribution in [2.45, 2.75) is 56.8 Å². The van der Waals surface area contributed by atoms with E-state index in [9.17, 15) is 9.90 Å². The highest BCUT2D eigenvalue weighted by atomic mass is 16.3. The van der Waals surface area contributed by atoms with Gasteiger partial charge in [0.1, 0.15) is 0 Å². The summed E-state index contributed by atoms with van der Waals surface area (Å²) in [5.41, 5.74) is 2.10. The highest BCUT2D eigenvalue weighted by Gasteiger charge is 2.49. The van der Waals surface area contributed by atoms with Crippen molar-refractivity contribution in [1.29, 1.82) is 0 Å². The number of nitrogens with one attached hydrogen (secondary N) is 1. The number of rotatable bonds is 5. The average Bonchev–Trinajstić information content (AvgIpc) is 2.96. The predicted molar refractivity (Wildman–Crippen MR) is 104 cm³/mol. The minimum Gasteiger partial charge on any atom is -0.388 e. The van der Waals surface area contributed by atoms with E-state index in [1.54, 1.807) is 0 Å². The van der Waals surface area contributed by atoms with Crippen LogP contribution < -0.4 is 5.32 Å². The van der Waals surface area contributed by atoms with E-state index >= 15 is 0 Å². The van der Waals surface area contributed by atoms with Crippen LogP contribution in [0.5, 0.6) is 0 Å². The van der Waals surface area contributed by atoms with E-state index in [0.29, 0.717) is 25.9 Å². The first-order valence-electron chi connectivity index (χ1n) is 9.76. The number of hydrogen-bond donors (Lipinski definition) is 2. The van der Waals surface area contributed by atoms with E-state index < -0.39 is 5.60 Å². The van der Waals surface area contributed by atoms with Crippen LogP contribution in [0, 0.1) is 6.92 Å². The molecule has 5 heteroatoms. The first-order chi connectivity index (χ1) is 13.0. The lowest BCUT2D eigenvalue weighted by Crippen LogP contribution is -2.56. The molecule has 0 spiro atoms. The summed E-state index contributed by atoms with van der Waals surface area (Å²) in [5.74, 6) is 0.0990. The third-order valence-electron chi connectivity index (χ3n) is 5.84. The molecule has 5 nitrogen and oxygen atoms in total. The molecule has 2 aromatic rings. The number of aryl methyl sites for hydroxylation is 1. The van der Waals surface area contributed by atoms with E-state index in [4.69, 9.17) is 0 Å². The molecule has 2 aliphatic heterocycles. The molecule has 0 unspecified atom stereocenters. The summed E-state index contributed by atoms with van der Waals surface area (Å²) < 4.78 is 0. The van der Waals surface area contributed by atoms with E-state index in [0.717, 1.165) is 29.7 Å². The summed E-state index contributed by atoms with van der Waals surface area (Å²) in [4.78, 5) is 19.3. The lowest BCUT2D eigenvalue weighted by Gasteiger charge is -2.44. The van der Waals surface area contributed by atoms with Gasteiger partial charge in [0, 0.05) is 36.9 Å². The Kier molecular flexibility index (Phi) is 4.98. The van der Waals surface area contributed by atoms with Gasteiger partial charge in [-0.25, -0.2) is 0 Å². The lowest BCUT2D eigenvalue weighted by molar-refractivity contribution is -0.0420. The van der Waals surface area contributed by atoms with Gasteiger partial charge in [-0.3, -0.25) is 9.78 Å². The molecule has 3 heterocycles. The zero-order valence-electron chi connectivity index (χ0n) is 15.8. The van der Waals surface area contributed by atoms with Gasteiger partial charge in [0.25, 0.3) is 5.91 Å². The summed E-state index contributed by atoms with van der Waals surface area (Å²) in [6, 6.07) is 13.8. The van der Waals surface area contributed by atoms with Crippen molar-refractivity contribution in [1.82, 2.24) is 15.2 Å². The minimum atomic E-state index is -0.760. The van der Waals surface area contributed by atoms with Crippen LogP contribution in [0.25, 0.3) is 0 Å². The fraction of sp³-hybridized carbons (Fsp3) is 0.455. The number of aliphatic hydroxyl groups is 1. The Bertz CT molecular complexity index is 777. The second kappa shape index (κ2) is 7.41. The highest BCUT2D eigenvalue weighted by Crippen LogP contribution is 2.41. The number of carbonyl (C=O) groups is 1. The molecule has 27 heavy (non-hydrogen) atoms. The van der Waals surface area contributed by atoms with Crippen LogP contribution in [0.2, 0.25) is 0 Å². The average molecular weight is 365 g/mol. The smallest absolute Gasteiger partial charge is 0.254 e. The van der Waals surface area contributed by atoms with Crippen molar-refractivity contribution >= 4 is 5.91 Å². The molecule has 2 saturated heterocycles. The number of fused-ring (bicyclic) bond motifs is 2. The summed E-state index contributed by atoms with van der Waals surface area (Å²) in [6.07, 6.45) is 5.09. The van der Waals surface area contributed by atoms with Crippen LogP contribution in [-0.4, -0.2) is 45.1 Å². The van der Waals surface area contributed by atoms with Gasteiger partial charge in [-0.1, -0.05) is 24.3 Å². The van der Waals surface area contributed by atoms with Crippen LogP contribution in [0.1, 0.15) is 47.3 Å². The molecule has 2 fully saturated rings. The molecule has 2 bridgehead atoms. The number of benzene rings is 1. The SMILES string of the molecule is Cc1ccc(CNCC2(O)C[C@H]3CC[C@H](C2)N3C(=O)c2ccccc2)nc1. The van der Waals surface area contributed by atoms with E-state index in [-0.39, 0.29) is 18.0 Å².